The predicted molar refractivity (Wildman–Crippen MR) is 80.4 cm³/mol. The van der Waals surface area contributed by atoms with Crippen LogP contribution in [0, 0.1) is 12.7 Å². The standard InChI is InChI=1S/C16H18FN3O/c1-10(7-12-3-5-13(17)6-4-12)20-16(21)15-8-14(18)9-19-11(15)2/h3-6,8-10H,7,18H2,1-2H3,(H,20,21). The molecule has 3 N–H and O–H groups in total. The van der Waals surface area contributed by atoms with E-state index in [1.807, 2.05) is 6.92 Å². The molecule has 2 aromatic rings. The first-order valence-corrected chi connectivity index (χ1v) is 6.73. The molecule has 0 aliphatic carbocycles. The second kappa shape index (κ2) is 6.35. The molecule has 0 aliphatic heterocycles. The van der Waals surface area contributed by atoms with E-state index < -0.39 is 0 Å². The summed E-state index contributed by atoms with van der Waals surface area (Å²) in [7, 11) is 0. The Balaban J connectivity index is 2.01. The van der Waals surface area contributed by atoms with Crippen molar-refractivity contribution in [2.75, 3.05) is 5.73 Å². The van der Waals surface area contributed by atoms with Gasteiger partial charge in [-0.15, -0.1) is 0 Å². The zero-order chi connectivity index (χ0) is 15.4. The molecular formula is C16H18FN3O. The third-order valence-corrected chi connectivity index (χ3v) is 3.19. The van der Waals surface area contributed by atoms with Crippen LogP contribution in [0.4, 0.5) is 10.1 Å². The van der Waals surface area contributed by atoms with Gasteiger partial charge in [-0.25, -0.2) is 4.39 Å². The molecule has 1 aromatic heterocycles. The number of carbonyl (C=O) groups excluding carboxylic acids is 1. The summed E-state index contributed by atoms with van der Waals surface area (Å²) in [4.78, 5) is 16.3. The molecule has 0 aliphatic rings. The van der Waals surface area contributed by atoms with Gasteiger partial charge < -0.3 is 11.1 Å². The van der Waals surface area contributed by atoms with Gasteiger partial charge in [-0.05, 0) is 44.0 Å². The fourth-order valence-electron chi connectivity index (χ4n) is 2.11. The van der Waals surface area contributed by atoms with E-state index in [0.29, 0.717) is 23.4 Å². The number of anilines is 1. The first kappa shape index (κ1) is 15.0. The largest absolute Gasteiger partial charge is 0.397 e. The van der Waals surface area contributed by atoms with Gasteiger partial charge in [0.25, 0.3) is 5.91 Å². The van der Waals surface area contributed by atoms with Crippen molar-refractivity contribution in [3.8, 4) is 0 Å². The lowest BCUT2D eigenvalue weighted by Gasteiger charge is -2.15. The molecule has 1 heterocycles. The van der Waals surface area contributed by atoms with Gasteiger partial charge in [-0.3, -0.25) is 9.78 Å². The predicted octanol–water partition coefficient (Wildman–Crippen LogP) is 2.47. The molecule has 1 unspecified atom stereocenters. The van der Waals surface area contributed by atoms with Crippen molar-refractivity contribution in [2.24, 2.45) is 0 Å². The van der Waals surface area contributed by atoms with Crippen LogP contribution in [0.1, 0.15) is 28.5 Å². The lowest BCUT2D eigenvalue weighted by molar-refractivity contribution is 0.0939. The minimum absolute atomic E-state index is 0.0798. The maximum atomic E-state index is 12.8. The number of nitrogen functional groups attached to an aromatic ring is 1. The molecular weight excluding hydrogens is 269 g/mol. The van der Waals surface area contributed by atoms with Crippen LogP contribution < -0.4 is 11.1 Å². The van der Waals surface area contributed by atoms with Gasteiger partial charge in [0, 0.05) is 6.04 Å². The summed E-state index contributed by atoms with van der Waals surface area (Å²) < 4.78 is 12.8. The van der Waals surface area contributed by atoms with E-state index in [-0.39, 0.29) is 17.8 Å². The SMILES string of the molecule is Cc1ncc(N)cc1C(=O)NC(C)Cc1ccc(F)cc1. The molecule has 0 saturated heterocycles. The average Bonchev–Trinajstić information content (AvgIpc) is 2.44. The lowest BCUT2D eigenvalue weighted by Crippen LogP contribution is -2.34. The van der Waals surface area contributed by atoms with Crippen molar-refractivity contribution in [3.05, 3.63) is 59.2 Å². The van der Waals surface area contributed by atoms with Gasteiger partial charge in [0.1, 0.15) is 5.82 Å². The number of benzene rings is 1. The molecule has 0 bridgehead atoms. The Labute approximate surface area is 123 Å². The molecule has 4 nitrogen and oxygen atoms in total. The fraction of sp³-hybridized carbons (Fsp3) is 0.250. The number of rotatable bonds is 4. The molecule has 1 aromatic carbocycles. The highest BCUT2D eigenvalue weighted by molar-refractivity contribution is 5.96. The summed E-state index contributed by atoms with van der Waals surface area (Å²) in [5.74, 6) is -0.473. The highest BCUT2D eigenvalue weighted by Gasteiger charge is 2.13. The number of aryl methyl sites for hydroxylation is 1. The van der Waals surface area contributed by atoms with E-state index in [2.05, 4.69) is 10.3 Å². The number of aromatic nitrogens is 1. The Bertz CT molecular complexity index is 640. The van der Waals surface area contributed by atoms with Crippen molar-refractivity contribution >= 4 is 11.6 Å². The van der Waals surface area contributed by atoms with Crippen molar-refractivity contribution in [2.45, 2.75) is 26.3 Å². The van der Waals surface area contributed by atoms with E-state index >= 15 is 0 Å². The molecule has 0 radical (unpaired) electrons. The second-order valence-electron chi connectivity index (χ2n) is 5.11. The molecule has 2 rings (SSSR count). The summed E-state index contributed by atoms with van der Waals surface area (Å²) in [5, 5.41) is 2.90. The van der Waals surface area contributed by atoms with Gasteiger partial charge in [0.15, 0.2) is 0 Å². The number of nitrogens with two attached hydrogens (primary N) is 1. The Hall–Kier alpha value is -2.43. The summed E-state index contributed by atoms with van der Waals surface area (Å²) in [6, 6.07) is 7.79. The zero-order valence-electron chi connectivity index (χ0n) is 12.1. The van der Waals surface area contributed by atoms with Gasteiger partial charge in [-0.1, -0.05) is 12.1 Å². The molecule has 0 fully saturated rings. The Morgan fingerprint density at radius 2 is 2.05 bits per heavy atom. The number of amides is 1. The van der Waals surface area contributed by atoms with Crippen LogP contribution >= 0.6 is 0 Å². The maximum Gasteiger partial charge on any atom is 0.253 e. The highest BCUT2D eigenvalue weighted by atomic mass is 19.1. The monoisotopic (exact) mass is 287 g/mol. The molecule has 0 saturated carbocycles. The van der Waals surface area contributed by atoms with Gasteiger partial charge in [0.2, 0.25) is 0 Å². The normalized spacial score (nSPS) is 12.0. The second-order valence-corrected chi connectivity index (χ2v) is 5.11. The van der Waals surface area contributed by atoms with E-state index in [1.54, 1.807) is 25.1 Å². The van der Waals surface area contributed by atoms with Crippen LogP contribution in [0.5, 0.6) is 0 Å². The number of nitrogens with one attached hydrogen (secondary N) is 1. The molecule has 110 valence electrons. The van der Waals surface area contributed by atoms with Crippen molar-refractivity contribution in [3.63, 3.8) is 0 Å². The molecule has 0 spiro atoms. The first-order valence-electron chi connectivity index (χ1n) is 6.73. The van der Waals surface area contributed by atoms with E-state index in [4.69, 9.17) is 5.73 Å². The summed E-state index contributed by atoms with van der Waals surface area (Å²) in [5.41, 5.74) is 8.18. The van der Waals surface area contributed by atoms with Crippen molar-refractivity contribution in [1.29, 1.82) is 0 Å². The Kier molecular flexibility index (Phi) is 4.52. The minimum atomic E-state index is -0.267. The van der Waals surface area contributed by atoms with E-state index in [9.17, 15) is 9.18 Å². The number of hydrogen-bond acceptors (Lipinski definition) is 3. The average molecular weight is 287 g/mol. The third-order valence-electron chi connectivity index (χ3n) is 3.19. The molecule has 21 heavy (non-hydrogen) atoms. The quantitative estimate of drug-likeness (QED) is 0.907. The third kappa shape index (κ3) is 4.02. The Morgan fingerprint density at radius 1 is 1.38 bits per heavy atom. The molecule has 1 atom stereocenters. The topological polar surface area (TPSA) is 68.0 Å². The number of carbonyl (C=O) groups is 1. The number of nitrogens with zero attached hydrogens (tertiary/aromatic N) is 1. The van der Waals surface area contributed by atoms with Crippen LogP contribution in [-0.4, -0.2) is 16.9 Å². The van der Waals surface area contributed by atoms with Crippen LogP contribution in [0.2, 0.25) is 0 Å². The van der Waals surface area contributed by atoms with Crippen molar-refractivity contribution < 1.29 is 9.18 Å². The smallest absolute Gasteiger partial charge is 0.253 e. The van der Waals surface area contributed by atoms with Crippen LogP contribution in [0.3, 0.4) is 0 Å². The van der Waals surface area contributed by atoms with Crippen LogP contribution in [-0.2, 0) is 6.42 Å². The lowest BCUT2D eigenvalue weighted by atomic mass is 10.1. The zero-order valence-corrected chi connectivity index (χ0v) is 12.1. The minimum Gasteiger partial charge on any atom is -0.397 e. The highest BCUT2D eigenvalue weighted by Crippen LogP contribution is 2.11. The molecule has 1 amide bonds. The van der Waals surface area contributed by atoms with Crippen LogP contribution in [0.25, 0.3) is 0 Å². The van der Waals surface area contributed by atoms with Gasteiger partial charge in [0.05, 0.1) is 23.1 Å². The fourth-order valence-corrected chi connectivity index (χ4v) is 2.11. The number of hydrogen-bond donors (Lipinski definition) is 2. The van der Waals surface area contributed by atoms with Crippen LogP contribution in [0.15, 0.2) is 36.5 Å². The van der Waals surface area contributed by atoms with Crippen molar-refractivity contribution in [1.82, 2.24) is 10.3 Å². The Morgan fingerprint density at radius 3 is 2.71 bits per heavy atom. The number of halogens is 1. The van der Waals surface area contributed by atoms with E-state index in [0.717, 1.165) is 5.56 Å². The van der Waals surface area contributed by atoms with Gasteiger partial charge in [-0.2, -0.15) is 0 Å². The summed E-state index contributed by atoms with van der Waals surface area (Å²) in [6.45, 7) is 3.66. The van der Waals surface area contributed by atoms with Gasteiger partial charge >= 0.3 is 0 Å². The van der Waals surface area contributed by atoms with E-state index in [1.165, 1.54) is 18.3 Å². The first-order chi connectivity index (χ1) is 9.95. The number of pyridine rings is 1. The molecule has 5 heteroatoms. The maximum absolute atomic E-state index is 12.8. The summed E-state index contributed by atoms with van der Waals surface area (Å²) in [6.07, 6.45) is 2.15. The summed E-state index contributed by atoms with van der Waals surface area (Å²) >= 11 is 0.